The molecule has 0 radical (unpaired) electrons. The van der Waals surface area contributed by atoms with Crippen molar-refractivity contribution in [2.45, 2.75) is 64.5 Å². The summed E-state index contributed by atoms with van der Waals surface area (Å²) < 4.78 is 7.53. The van der Waals surface area contributed by atoms with Crippen molar-refractivity contribution in [1.82, 2.24) is 20.2 Å². The van der Waals surface area contributed by atoms with Crippen LogP contribution in [0.1, 0.15) is 65.2 Å². The number of carbonyl (C=O) groups excluding carboxylic acids is 1. The molecule has 2 N–H and O–H groups in total. The fourth-order valence-corrected chi connectivity index (χ4v) is 5.19. The number of phenols is 1. The highest BCUT2D eigenvalue weighted by Gasteiger charge is 2.26. The lowest BCUT2D eigenvalue weighted by molar-refractivity contribution is -0.118. The number of aromatic nitrogens is 3. The third kappa shape index (κ3) is 7.39. The Bertz CT molecular complexity index is 1510. The van der Waals surface area contributed by atoms with Gasteiger partial charge in [0.05, 0.1) is 18.6 Å². The highest BCUT2D eigenvalue weighted by Crippen LogP contribution is 2.39. The van der Waals surface area contributed by atoms with Crippen molar-refractivity contribution in [3.63, 3.8) is 0 Å². The SMILES string of the molecule is CCOc1ccc(-n2c(SCC(=O)N/N=C/c3cc(C(C)(C)C)c(O)c(C(C)(C)C)c3)nnc2-c2ccccc2)cc1. The van der Waals surface area contributed by atoms with Crippen LogP contribution in [0.15, 0.2) is 77.0 Å². The molecule has 220 valence electrons. The van der Waals surface area contributed by atoms with Crippen LogP contribution < -0.4 is 10.2 Å². The minimum absolute atomic E-state index is 0.0946. The van der Waals surface area contributed by atoms with Gasteiger partial charge in [-0.15, -0.1) is 10.2 Å². The standard InChI is InChI=1S/C33H39N5O3S/c1-8-41-25-16-14-24(15-17-25)38-30(23-12-10-9-11-13-23)36-37-31(38)42-21-28(39)35-34-20-22-18-26(32(2,3)4)29(40)27(19-22)33(5,6)7/h9-20,40H,8,21H2,1-7H3,(H,35,39)/b34-20+. The Balaban J connectivity index is 1.52. The van der Waals surface area contributed by atoms with Gasteiger partial charge in [0.25, 0.3) is 5.91 Å². The largest absolute Gasteiger partial charge is 0.507 e. The van der Waals surface area contributed by atoms with E-state index in [1.165, 1.54) is 11.8 Å². The molecule has 0 saturated heterocycles. The Labute approximate surface area is 252 Å². The second-order valence-corrected chi connectivity index (χ2v) is 12.9. The van der Waals surface area contributed by atoms with Crippen molar-refractivity contribution in [3.8, 4) is 28.6 Å². The van der Waals surface area contributed by atoms with E-state index in [1.807, 2.05) is 78.2 Å². The molecular weight excluding hydrogens is 546 g/mol. The molecule has 8 nitrogen and oxygen atoms in total. The molecule has 0 fully saturated rings. The molecule has 1 heterocycles. The first-order chi connectivity index (χ1) is 19.9. The summed E-state index contributed by atoms with van der Waals surface area (Å²) in [6.07, 6.45) is 1.61. The average molecular weight is 586 g/mol. The van der Waals surface area contributed by atoms with Crippen molar-refractivity contribution in [1.29, 1.82) is 0 Å². The fourth-order valence-electron chi connectivity index (χ4n) is 4.44. The van der Waals surface area contributed by atoms with Crippen molar-refractivity contribution < 1.29 is 14.6 Å². The highest BCUT2D eigenvalue weighted by atomic mass is 32.2. The van der Waals surface area contributed by atoms with Gasteiger partial charge >= 0.3 is 0 Å². The van der Waals surface area contributed by atoms with Crippen LogP contribution in [0.3, 0.4) is 0 Å². The van der Waals surface area contributed by atoms with E-state index in [1.54, 1.807) is 6.21 Å². The number of benzene rings is 3. The topological polar surface area (TPSA) is 102 Å². The molecule has 1 aromatic heterocycles. The number of nitrogens with zero attached hydrogens (tertiary/aromatic N) is 4. The lowest BCUT2D eigenvalue weighted by Crippen LogP contribution is -2.20. The maximum atomic E-state index is 12.8. The third-order valence-electron chi connectivity index (χ3n) is 6.55. The summed E-state index contributed by atoms with van der Waals surface area (Å²) in [4.78, 5) is 12.8. The molecule has 4 rings (SSSR count). The van der Waals surface area contributed by atoms with Crippen LogP contribution in [0.2, 0.25) is 0 Å². The second-order valence-electron chi connectivity index (χ2n) is 12.0. The smallest absolute Gasteiger partial charge is 0.250 e. The zero-order valence-electron chi connectivity index (χ0n) is 25.3. The van der Waals surface area contributed by atoms with Crippen LogP contribution in [0.4, 0.5) is 0 Å². The lowest BCUT2D eigenvalue weighted by atomic mass is 9.78. The number of hydrazone groups is 1. The van der Waals surface area contributed by atoms with E-state index in [2.05, 4.69) is 62.3 Å². The lowest BCUT2D eigenvalue weighted by Gasteiger charge is -2.27. The first-order valence-corrected chi connectivity index (χ1v) is 14.9. The van der Waals surface area contributed by atoms with E-state index in [0.717, 1.165) is 33.7 Å². The summed E-state index contributed by atoms with van der Waals surface area (Å²) in [6.45, 7) is 14.9. The zero-order chi connectivity index (χ0) is 30.5. The van der Waals surface area contributed by atoms with Gasteiger partial charge < -0.3 is 9.84 Å². The number of hydrogen-bond acceptors (Lipinski definition) is 7. The normalized spacial score (nSPS) is 12.1. The summed E-state index contributed by atoms with van der Waals surface area (Å²) in [7, 11) is 0. The van der Waals surface area contributed by atoms with E-state index >= 15 is 0 Å². The molecule has 0 aliphatic rings. The van der Waals surface area contributed by atoms with Crippen LogP contribution in [-0.2, 0) is 15.6 Å². The van der Waals surface area contributed by atoms with Crippen molar-refractivity contribution >= 4 is 23.9 Å². The number of thioether (sulfide) groups is 1. The van der Waals surface area contributed by atoms with Gasteiger partial charge in [-0.1, -0.05) is 83.6 Å². The van der Waals surface area contributed by atoms with Gasteiger partial charge in [-0.05, 0) is 59.7 Å². The average Bonchev–Trinajstić information content (AvgIpc) is 3.36. The maximum Gasteiger partial charge on any atom is 0.250 e. The number of rotatable bonds is 9. The first-order valence-electron chi connectivity index (χ1n) is 13.9. The molecule has 42 heavy (non-hydrogen) atoms. The van der Waals surface area contributed by atoms with E-state index in [9.17, 15) is 9.90 Å². The van der Waals surface area contributed by atoms with Gasteiger partial charge in [-0.3, -0.25) is 9.36 Å². The molecular formula is C33H39N5O3S. The molecule has 0 unspecified atom stereocenters. The van der Waals surface area contributed by atoms with Gasteiger partial charge in [-0.2, -0.15) is 5.10 Å². The quantitative estimate of drug-likeness (QED) is 0.126. The number of carbonyl (C=O) groups is 1. The summed E-state index contributed by atoms with van der Waals surface area (Å²) in [5.41, 5.74) is 6.36. The molecule has 0 bridgehead atoms. The molecule has 0 saturated carbocycles. The Morgan fingerprint density at radius 1 is 0.976 bits per heavy atom. The van der Waals surface area contributed by atoms with Crippen molar-refractivity contribution in [2.24, 2.45) is 5.10 Å². The van der Waals surface area contributed by atoms with Crippen LogP contribution in [0.25, 0.3) is 17.1 Å². The molecule has 3 aromatic carbocycles. The summed E-state index contributed by atoms with van der Waals surface area (Å²) in [5.74, 6) is 1.58. The molecule has 0 spiro atoms. The predicted octanol–water partition coefficient (Wildman–Crippen LogP) is 6.88. The van der Waals surface area contributed by atoms with Gasteiger partial charge in [0.2, 0.25) is 0 Å². The summed E-state index contributed by atoms with van der Waals surface area (Å²) >= 11 is 1.28. The zero-order valence-corrected chi connectivity index (χ0v) is 26.1. The molecule has 9 heteroatoms. The van der Waals surface area contributed by atoms with E-state index in [0.29, 0.717) is 23.3 Å². The van der Waals surface area contributed by atoms with E-state index in [4.69, 9.17) is 4.74 Å². The van der Waals surface area contributed by atoms with Gasteiger partial charge in [0.1, 0.15) is 11.5 Å². The van der Waals surface area contributed by atoms with E-state index in [-0.39, 0.29) is 22.5 Å². The number of hydrogen-bond donors (Lipinski definition) is 2. The molecule has 0 aliphatic heterocycles. The Kier molecular flexibility index (Phi) is 9.41. The minimum atomic E-state index is -0.273. The number of phenolic OH excluding ortho intramolecular Hbond substituents is 1. The monoisotopic (exact) mass is 585 g/mol. The number of ether oxygens (including phenoxy) is 1. The minimum Gasteiger partial charge on any atom is -0.507 e. The second kappa shape index (κ2) is 12.8. The molecule has 1 amide bonds. The molecule has 0 atom stereocenters. The molecule has 0 aliphatic carbocycles. The predicted molar refractivity (Wildman–Crippen MR) is 170 cm³/mol. The summed E-state index contributed by atoms with van der Waals surface area (Å²) in [6, 6.07) is 21.4. The Morgan fingerprint density at radius 2 is 1.60 bits per heavy atom. The van der Waals surface area contributed by atoms with Crippen molar-refractivity contribution in [2.75, 3.05) is 12.4 Å². The van der Waals surface area contributed by atoms with Crippen LogP contribution in [-0.4, -0.2) is 44.4 Å². The van der Waals surface area contributed by atoms with Gasteiger partial charge in [0.15, 0.2) is 11.0 Å². The summed E-state index contributed by atoms with van der Waals surface area (Å²) in [5, 5.41) is 24.6. The van der Waals surface area contributed by atoms with Gasteiger partial charge in [0, 0.05) is 22.4 Å². The molecule has 4 aromatic rings. The van der Waals surface area contributed by atoms with Crippen LogP contribution in [0, 0.1) is 0 Å². The Hall–Kier alpha value is -4.11. The van der Waals surface area contributed by atoms with Crippen LogP contribution >= 0.6 is 11.8 Å². The number of nitrogens with one attached hydrogen (secondary N) is 1. The number of amides is 1. The van der Waals surface area contributed by atoms with Crippen LogP contribution in [0.5, 0.6) is 11.5 Å². The highest BCUT2D eigenvalue weighted by molar-refractivity contribution is 7.99. The van der Waals surface area contributed by atoms with E-state index < -0.39 is 0 Å². The fraction of sp³-hybridized carbons (Fsp3) is 0.333. The number of aromatic hydroxyl groups is 1. The first kappa shape index (κ1) is 30.8. The Morgan fingerprint density at radius 3 is 2.17 bits per heavy atom. The maximum absolute atomic E-state index is 12.8. The third-order valence-corrected chi connectivity index (χ3v) is 7.48. The van der Waals surface area contributed by atoms with Gasteiger partial charge in [-0.25, -0.2) is 5.43 Å². The van der Waals surface area contributed by atoms with Crippen molar-refractivity contribution in [3.05, 3.63) is 83.4 Å².